The first kappa shape index (κ1) is 15.5. The van der Waals surface area contributed by atoms with Gasteiger partial charge in [-0.15, -0.1) is 0 Å². The Morgan fingerprint density at radius 3 is 2.62 bits per heavy atom. The fourth-order valence-corrected chi connectivity index (χ4v) is 3.52. The minimum Gasteiger partial charge on any atom is -0.496 e. The van der Waals surface area contributed by atoms with Crippen molar-refractivity contribution in [2.75, 3.05) is 13.7 Å². The molecule has 2 aromatic rings. The number of aromatic nitrogens is 1. The van der Waals surface area contributed by atoms with Crippen LogP contribution in [0.25, 0.3) is 0 Å². The van der Waals surface area contributed by atoms with Crippen LogP contribution in [-0.4, -0.2) is 27.2 Å². The number of sulfonamides is 1. The third-order valence-corrected chi connectivity index (χ3v) is 4.82. The summed E-state index contributed by atoms with van der Waals surface area (Å²) < 4.78 is 37.2. The van der Waals surface area contributed by atoms with Crippen LogP contribution in [-0.2, 0) is 16.4 Å². The molecule has 1 N–H and O–H groups in total. The number of ether oxygens (including phenoxy) is 1. The molecule has 6 nitrogen and oxygen atoms in total. The Hall–Kier alpha value is -1.86. The molecule has 0 unspecified atom stereocenters. The highest BCUT2D eigenvalue weighted by Crippen LogP contribution is 2.20. The molecular weight excluding hydrogens is 292 g/mol. The number of nitrogens with zero attached hydrogens (tertiary/aromatic N) is 1. The molecule has 0 amide bonds. The lowest BCUT2D eigenvalue weighted by Gasteiger charge is -2.09. The van der Waals surface area contributed by atoms with Gasteiger partial charge in [-0.2, -0.15) is 0 Å². The summed E-state index contributed by atoms with van der Waals surface area (Å²) in [6.45, 7) is 3.45. The zero-order valence-electron chi connectivity index (χ0n) is 12.2. The standard InChI is InChI=1S/C14H18N2O4S/c1-10-14(11(2)20-16-10)21(17,18)15-9-8-12-6-4-5-7-13(12)19-3/h4-7,15H,8-9H2,1-3H3. The van der Waals surface area contributed by atoms with E-state index in [1.807, 2.05) is 24.3 Å². The number of nitrogens with one attached hydrogen (secondary N) is 1. The van der Waals surface area contributed by atoms with E-state index in [0.29, 0.717) is 12.1 Å². The van der Waals surface area contributed by atoms with Crippen LogP contribution in [0.1, 0.15) is 17.0 Å². The Morgan fingerprint density at radius 1 is 1.29 bits per heavy atom. The Labute approximate surface area is 124 Å². The molecule has 2 rings (SSSR count). The van der Waals surface area contributed by atoms with Crippen molar-refractivity contribution in [1.82, 2.24) is 9.88 Å². The zero-order chi connectivity index (χ0) is 15.5. The Morgan fingerprint density at radius 2 is 2.00 bits per heavy atom. The molecule has 1 heterocycles. The predicted molar refractivity (Wildman–Crippen MR) is 77.9 cm³/mol. The molecule has 1 aromatic carbocycles. The average Bonchev–Trinajstić information content (AvgIpc) is 2.79. The lowest BCUT2D eigenvalue weighted by Crippen LogP contribution is -2.26. The first-order valence-electron chi connectivity index (χ1n) is 6.50. The number of benzene rings is 1. The largest absolute Gasteiger partial charge is 0.496 e. The number of hydrogen-bond donors (Lipinski definition) is 1. The van der Waals surface area contributed by atoms with Crippen LogP contribution in [0.4, 0.5) is 0 Å². The maximum atomic E-state index is 12.2. The fourth-order valence-electron chi connectivity index (χ4n) is 2.16. The molecule has 0 aliphatic carbocycles. The van der Waals surface area contributed by atoms with Gasteiger partial charge >= 0.3 is 0 Å². The van der Waals surface area contributed by atoms with Gasteiger partial charge in [0.15, 0.2) is 5.76 Å². The molecule has 0 bridgehead atoms. The molecule has 21 heavy (non-hydrogen) atoms. The van der Waals surface area contributed by atoms with E-state index in [0.717, 1.165) is 11.3 Å². The van der Waals surface area contributed by atoms with Crippen LogP contribution in [0.15, 0.2) is 33.7 Å². The first-order chi connectivity index (χ1) is 9.95. The molecule has 0 fully saturated rings. The van der Waals surface area contributed by atoms with Gasteiger partial charge in [0.05, 0.1) is 7.11 Å². The van der Waals surface area contributed by atoms with E-state index >= 15 is 0 Å². The second-order valence-electron chi connectivity index (χ2n) is 4.61. The molecule has 0 saturated carbocycles. The Bertz CT molecular complexity index is 703. The minimum absolute atomic E-state index is 0.113. The maximum absolute atomic E-state index is 12.2. The number of methoxy groups -OCH3 is 1. The van der Waals surface area contributed by atoms with Crippen molar-refractivity contribution >= 4 is 10.0 Å². The van der Waals surface area contributed by atoms with Crippen LogP contribution in [0.5, 0.6) is 5.75 Å². The molecule has 0 radical (unpaired) electrons. The van der Waals surface area contributed by atoms with Gasteiger partial charge in [-0.05, 0) is 31.9 Å². The number of aryl methyl sites for hydroxylation is 2. The molecule has 0 saturated heterocycles. The summed E-state index contributed by atoms with van der Waals surface area (Å²) in [5.74, 6) is 1.03. The monoisotopic (exact) mass is 310 g/mol. The van der Waals surface area contributed by atoms with Crippen molar-refractivity contribution in [3.05, 3.63) is 41.3 Å². The number of para-hydroxylation sites is 1. The van der Waals surface area contributed by atoms with E-state index in [1.165, 1.54) is 0 Å². The van der Waals surface area contributed by atoms with Gasteiger partial charge in [0, 0.05) is 6.54 Å². The second kappa shape index (κ2) is 6.28. The van der Waals surface area contributed by atoms with Crippen molar-refractivity contribution in [1.29, 1.82) is 0 Å². The molecule has 7 heteroatoms. The maximum Gasteiger partial charge on any atom is 0.245 e. The third-order valence-electron chi connectivity index (χ3n) is 3.12. The van der Waals surface area contributed by atoms with E-state index in [1.54, 1.807) is 21.0 Å². The lowest BCUT2D eigenvalue weighted by atomic mass is 10.1. The number of rotatable bonds is 6. The summed E-state index contributed by atoms with van der Waals surface area (Å²) in [5, 5.41) is 3.66. The van der Waals surface area contributed by atoms with Gasteiger partial charge in [0.2, 0.25) is 10.0 Å². The topological polar surface area (TPSA) is 81.4 Å². The molecule has 114 valence electrons. The summed E-state index contributed by atoms with van der Waals surface area (Å²) in [6, 6.07) is 7.51. The van der Waals surface area contributed by atoms with Gasteiger partial charge in [-0.1, -0.05) is 23.4 Å². The minimum atomic E-state index is -3.62. The van der Waals surface area contributed by atoms with Crippen molar-refractivity contribution < 1.29 is 17.7 Å². The lowest BCUT2D eigenvalue weighted by molar-refractivity contribution is 0.390. The van der Waals surface area contributed by atoms with E-state index in [4.69, 9.17) is 9.26 Å². The summed E-state index contributed by atoms with van der Waals surface area (Å²) in [4.78, 5) is 0.113. The molecular formula is C14H18N2O4S. The smallest absolute Gasteiger partial charge is 0.245 e. The third kappa shape index (κ3) is 3.43. The Kier molecular flexibility index (Phi) is 4.64. The summed E-state index contributed by atoms with van der Waals surface area (Å²) in [7, 11) is -2.02. The molecule has 0 aliphatic rings. The van der Waals surface area contributed by atoms with Gasteiger partial charge in [-0.3, -0.25) is 0 Å². The molecule has 1 aromatic heterocycles. The molecule has 0 spiro atoms. The van der Waals surface area contributed by atoms with Gasteiger partial charge in [-0.25, -0.2) is 13.1 Å². The van der Waals surface area contributed by atoms with Crippen molar-refractivity contribution in [2.24, 2.45) is 0 Å². The molecule has 0 atom stereocenters. The van der Waals surface area contributed by atoms with Gasteiger partial charge in [0.25, 0.3) is 0 Å². The average molecular weight is 310 g/mol. The molecule has 0 aliphatic heterocycles. The quantitative estimate of drug-likeness (QED) is 0.880. The Balaban J connectivity index is 2.06. The van der Waals surface area contributed by atoms with Gasteiger partial charge < -0.3 is 9.26 Å². The van der Waals surface area contributed by atoms with E-state index < -0.39 is 10.0 Å². The summed E-state index contributed by atoms with van der Waals surface area (Å²) in [5.41, 5.74) is 1.30. The highest BCUT2D eigenvalue weighted by Gasteiger charge is 2.23. The van der Waals surface area contributed by atoms with Crippen LogP contribution < -0.4 is 9.46 Å². The zero-order valence-corrected chi connectivity index (χ0v) is 13.0. The van der Waals surface area contributed by atoms with Crippen LogP contribution in [0.2, 0.25) is 0 Å². The highest BCUT2D eigenvalue weighted by molar-refractivity contribution is 7.89. The van der Waals surface area contributed by atoms with E-state index in [2.05, 4.69) is 9.88 Å². The van der Waals surface area contributed by atoms with Crippen molar-refractivity contribution in [3.63, 3.8) is 0 Å². The van der Waals surface area contributed by atoms with Crippen molar-refractivity contribution in [3.8, 4) is 5.75 Å². The second-order valence-corrected chi connectivity index (χ2v) is 6.32. The highest BCUT2D eigenvalue weighted by atomic mass is 32.2. The summed E-state index contributed by atoms with van der Waals surface area (Å²) in [6.07, 6.45) is 0.534. The van der Waals surface area contributed by atoms with Crippen LogP contribution >= 0.6 is 0 Å². The van der Waals surface area contributed by atoms with E-state index in [9.17, 15) is 8.42 Å². The SMILES string of the molecule is COc1ccccc1CCNS(=O)(=O)c1c(C)noc1C. The van der Waals surface area contributed by atoms with Gasteiger partial charge in [0.1, 0.15) is 16.3 Å². The van der Waals surface area contributed by atoms with Crippen LogP contribution in [0.3, 0.4) is 0 Å². The van der Waals surface area contributed by atoms with Crippen LogP contribution in [0, 0.1) is 13.8 Å². The first-order valence-corrected chi connectivity index (χ1v) is 7.98. The summed E-state index contributed by atoms with van der Waals surface area (Å²) >= 11 is 0. The number of hydrogen-bond acceptors (Lipinski definition) is 5. The van der Waals surface area contributed by atoms with E-state index in [-0.39, 0.29) is 17.2 Å². The predicted octanol–water partition coefficient (Wildman–Crippen LogP) is 1.82. The fraction of sp³-hybridized carbons (Fsp3) is 0.357. The normalized spacial score (nSPS) is 11.6. The van der Waals surface area contributed by atoms with Crippen molar-refractivity contribution in [2.45, 2.75) is 25.2 Å².